The third-order valence-electron chi connectivity index (χ3n) is 6.79. The van der Waals surface area contributed by atoms with Crippen LogP contribution in [0.1, 0.15) is 96.8 Å². The molecule has 0 aliphatic rings. The maximum atomic E-state index is 5.65. The van der Waals surface area contributed by atoms with Crippen molar-refractivity contribution in [1.29, 1.82) is 0 Å². The zero-order valence-electron chi connectivity index (χ0n) is 28.4. The fraction of sp³-hybridized carbons (Fsp3) is 1.00. The Morgan fingerprint density at radius 3 is 0.705 bits per heavy atom. The predicted octanol–water partition coefficient (Wildman–Crippen LogP) is 7.05. The Balaban J connectivity index is 3.03. The molecule has 0 atom stereocenters. The first-order valence-corrected chi connectivity index (χ1v) is 19.2. The zero-order chi connectivity index (χ0) is 31.7. The Bertz CT molecular complexity index is 450. The SMILES string of the molecule is CCCCCCCCCCCCOCCOCCOCCOCCOCCOCCOCCOCCOCCCCCCI. The third-order valence-corrected chi connectivity index (χ3v) is 7.55. The zero-order valence-corrected chi connectivity index (χ0v) is 30.5. The number of halogens is 1. The lowest BCUT2D eigenvalue weighted by Gasteiger charge is -2.09. The van der Waals surface area contributed by atoms with E-state index >= 15 is 0 Å². The van der Waals surface area contributed by atoms with E-state index in [1.165, 1.54) is 81.5 Å². The first kappa shape index (κ1) is 44.4. The van der Waals surface area contributed by atoms with Gasteiger partial charge in [-0.25, -0.2) is 0 Å². The lowest BCUT2D eigenvalue weighted by molar-refractivity contribution is -0.0250. The van der Waals surface area contributed by atoms with Crippen molar-refractivity contribution in [2.24, 2.45) is 0 Å². The standard InChI is InChI=1S/C34H69IO9/c1-2-3-4-5-6-7-8-9-11-14-17-36-19-21-38-23-25-40-27-29-42-31-33-44-34-32-43-30-28-41-26-24-39-22-20-37-18-15-12-10-13-16-35/h2-34H2,1H3. The summed E-state index contributed by atoms with van der Waals surface area (Å²) in [6, 6.07) is 0. The van der Waals surface area contributed by atoms with Gasteiger partial charge in [-0.1, -0.05) is 100 Å². The smallest absolute Gasteiger partial charge is 0.0701 e. The minimum atomic E-state index is 0.543. The molecule has 266 valence electrons. The van der Waals surface area contributed by atoms with Crippen molar-refractivity contribution in [3.05, 3.63) is 0 Å². The molecule has 0 aromatic carbocycles. The van der Waals surface area contributed by atoms with Gasteiger partial charge in [0.25, 0.3) is 0 Å². The van der Waals surface area contributed by atoms with Crippen molar-refractivity contribution < 1.29 is 42.6 Å². The van der Waals surface area contributed by atoms with Crippen LogP contribution in [0.15, 0.2) is 0 Å². The van der Waals surface area contributed by atoms with Crippen LogP contribution in [-0.4, -0.2) is 123 Å². The van der Waals surface area contributed by atoms with Crippen LogP contribution in [0, 0.1) is 0 Å². The van der Waals surface area contributed by atoms with Gasteiger partial charge in [0.15, 0.2) is 0 Å². The number of hydrogen-bond acceptors (Lipinski definition) is 9. The summed E-state index contributed by atoms with van der Waals surface area (Å²) in [5, 5.41) is 0. The quantitative estimate of drug-likeness (QED) is 0.0371. The summed E-state index contributed by atoms with van der Waals surface area (Å²) in [7, 11) is 0. The van der Waals surface area contributed by atoms with Crippen LogP contribution in [0.5, 0.6) is 0 Å². The van der Waals surface area contributed by atoms with E-state index in [1.54, 1.807) is 0 Å². The van der Waals surface area contributed by atoms with Crippen LogP contribution in [-0.2, 0) is 42.6 Å². The normalized spacial score (nSPS) is 11.6. The van der Waals surface area contributed by atoms with Crippen LogP contribution in [0.2, 0.25) is 0 Å². The number of ether oxygens (including phenoxy) is 9. The van der Waals surface area contributed by atoms with Crippen LogP contribution in [0.25, 0.3) is 0 Å². The highest BCUT2D eigenvalue weighted by molar-refractivity contribution is 14.1. The van der Waals surface area contributed by atoms with E-state index in [0.29, 0.717) is 106 Å². The molecule has 0 saturated heterocycles. The second-order valence-electron chi connectivity index (χ2n) is 10.8. The molecule has 44 heavy (non-hydrogen) atoms. The van der Waals surface area contributed by atoms with Crippen molar-refractivity contribution in [3.63, 3.8) is 0 Å². The van der Waals surface area contributed by atoms with Gasteiger partial charge in [0.1, 0.15) is 0 Å². The second kappa shape index (κ2) is 43.4. The minimum Gasteiger partial charge on any atom is -0.379 e. The molecule has 0 spiro atoms. The molecule has 0 aliphatic carbocycles. The highest BCUT2D eigenvalue weighted by atomic mass is 127. The van der Waals surface area contributed by atoms with E-state index in [1.807, 2.05) is 0 Å². The molecule has 0 rings (SSSR count). The average Bonchev–Trinajstić information content (AvgIpc) is 3.04. The second-order valence-corrected chi connectivity index (χ2v) is 11.9. The molecule has 10 heteroatoms. The van der Waals surface area contributed by atoms with E-state index in [0.717, 1.165) is 26.1 Å². The van der Waals surface area contributed by atoms with Crippen molar-refractivity contribution in [2.75, 3.05) is 123 Å². The average molecular weight is 749 g/mol. The molecular formula is C34H69IO9. The van der Waals surface area contributed by atoms with Crippen LogP contribution >= 0.6 is 22.6 Å². The summed E-state index contributed by atoms with van der Waals surface area (Å²) in [5.74, 6) is 0. The van der Waals surface area contributed by atoms with E-state index < -0.39 is 0 Å². The van der Waals surface area contributed by atoms with Gasteiger partial charge in [-0.05, 0) is 23.7 Å². The first-order chi connectivity index (χ1) is 21.9. The highest BCUT2D eigenvalue weighted by Crippen LogP contribution is 2.10. The van der Waals surface area contributed by atoms with Crippen molar-refractivity contribution in [2.45, 2.75) is 96.8 Å². The van der Waals surface area contributed by atoms with E-state index in [-0.39, 0.29) is 0 Å². The van der Waals surface area contributed by atoms with Gasteiger partial charge in [0.2, 0.25) is 0 Å². The fourth-order valence-electron chi connectivity index (χ4n) is 4.21. The van der Waals surface area contributed by atoms with Crippen molar-refractivity contribution in [1.82, 2.24) is 0 Å². The molecule has 0 N–H and O–H groups in total. The van der Waals surface area contributed by atoms with E-state index in [4.69, 9.17) is 42.6 Å². The predicted molar refractivity (Wildman–Crippen MR) is 187 cm³/mol. The first-order valence-electron chi connectivity index (χ1n) is 17.7. The molecule has 0 heterocycles. The highest BCUT2D eigenvalue weighted by Gasteiger charge is 1.97. The van der Waals surface area contributed by atoms with Gasteiger partial charge < -0.3 is 42.6 Å². The molecule has 0 amide bonds. The van der Waals surface area contributed by atoms with Gasteiger partial charge in [-0.15, -0.1) is 0 Å². The van der Waals surface area contributed by atoms with Gasteiger partial charge in [0.05, 0.1) is 106 Å². The lowest BCUT2D eigenvalue weighted by atomic mass is 10.1. The molecule has 0 fully saturated rings. The molecule has 0 saturated carbocycles. The Hall–Kier alpha value is 0.370. The number of unbranched alkanes of at least 4 members (excludes halogenated alkanes) is 12. The van der Waals surface area contributed by atoms with Crippen LogP contribution < -0.4 is 0 Å². The maximum Gasteiger partial charge on any atom is 0.0701 e. The molecule has 9 nitrogen and oxygen atoms in total. The summed E-state index contributed by atoms with van der Waals surface area (Å²) in [5.41, 5.74) is 0. The molecule has 0 aromatic heterocycles. The number of hydrogen-bond donors (Lipinski definition) is 0. The van der Waals surface area contributed by atoms with Gasteiger partial charge >= 0.3 is 0 Å². The third kappa shape index (κ3) is 42.4. The van der Waals surface area contributed by atoms with Gasteiger partial charge in [0, 0.05) is 13.2 Å². The summed E-state index contributed by atoms with van der Waals surface area (Å²) < 4.78 is 51.0. The topological polar surface area (TPSA) is 83.1 Å². The molecule has 0 aromatic rings. The number of rotatable bonds is 41. The molecule has 0 unspecified atom stereocenters. The van der Waals surface area contributed by atoms with E-state index in [9.17, 15) is 0 Å². The molecule has 0 aliphatic heterocycles. The Kier molecular flexibility index (Phi) is 43.7. The maximum absolute atomic E-state index is 5.65. The summed E-state index contributed by atoms with van der Waals surface area (Å²) in [4.78, 5) is 0. The Morgan fingerprint density at radius 2 is 0.455 bits per heavy atom. The minimum absolute atomic E-state index is 0.543. The van der Waals surface area contributed by atoms with Crippen LogP contribution in [0.3, 0.4) is 0 Å². The van der Waals surface area contributed by atoms with Crippen LogP contribution in [0.4, 0.5) is 0 Å². The van der Waals surface area contributed by atoms with Gasteiger partial charge in [-0.3, -0.25) is 0 Å². The largest absolute Gasteiger partial charge is 0.379 e. The van der Waals surface area contributed by atoms with E-state index in [2.05, 4.69) is 29.5 Å². The Labute approximate surface area is 284 Å². The lowest BCUT2D eigenvalue weighted by Crippen LogP contribution is -2.15. The number of alkyl halides is 1. The summed E-state index contributed by atoms with van der Waals surface area (Å²) >= 11 is 2.42. The Morgan fingerprint density at radius 1 is 0.250 bits per heavy atom. The van der Waals surface area contributed by atoms with Crippen molar-refractivity contribution in [3.8, 4) is 0 Å². The molecular weight excluding hydrogens is 679 g/mol. The fourth-order valence-corrected chi connectivity index (χ4v) is 4.74. The molecule has 0 bridgehead atoms. The molecule has 0 radical (unpaired) electrons. The monoisotopic (exact) mass is 748 g/mol. The summed E-state index contributed by atoms with van der Waals surface area (Å²) in [6.07, 6.45) is 18.5. The van der Waals surface area contributed by atoms with Crippen molar-refractivity contribution >= 4 is 22.6 Å². The van der Waals surface area contributed by atoms with Gasteiger partial charge in [-0.2, -0.15) is 0 Å². The summed E-state index contributed by atoms with van der Waals surface area (Å²) in [6.45, 7) is 13.2.